The Kier molecular flexibility index (Phi) is 5.43. The van der Waals surface area contributed by atoms with Gasteiger partial charge in [-0.1, -0.05) is 23.4 Å². The molecule has 0 saturated carbocycles. The fourth-order valence-electron chi connectivity index (χ4n) is 2.14. The minimum absolute atomic E-state index is 0.205. The second-order valence-electron chi connectivity index (χ2n) is 5.44. The van der Waals surface area contributed by atoms with Crippen LogP contribution in [0.3, 0.4) is 0 Å². The molecule has 0 aliphatic carbocycles. The van der Waals surface area contributed by atoms with Gasteiger partial charge in [-0.3, -0.25) is 4.79 Å². The molecule has 26 heavy (non-hydrogen) atoms. The number of nitrogens with two attached hydrogens (primary N) is 1. The number of aromatic nitrogens is 3. The summed E-state index contributed by atoms with van der Waals surface area (Å²) in [4.78, 5) is 12.3. The van der Waals surface area contributed by atoms with E-state index in [1.807, 2.05) is 0 Å². The molecule has 2 aromatic carbocycles. The molecule has 134 valence electrons. The van der Waals surface area contributed by atoms with E-state index in [-0.39, 0.29) is 11.7 Å². The Morgan fingerprint density at radius 1 is 1.19 bits per heavy atom. The van der Waals surface area contributed by atoms with E-state index in [0.29, 0.717) is 27.3 Å². The molecule has 0 bridgehead atoms. The van der Waals surface area contributed by atoms with Crippen LogP contribution >= 0.6 is 23.4 Å². The summed E-state index contributed by atoms with van der Waals surface area (Å²) in [7, 11) is 0. The number of rotatable bonds is 5. The van der Waals surface area contributed by atoms with Gasteiger partial charge < -0.3 is 11.2 Å². The number of nitrogens with one attached hydrogen (secondary N) is 1. The Labute approximate surface area is 158 Å². The van der Waals surface area contributed by atoms with Gasteiger partial charge in [0.1, 0.15) is 5.82 Å². The van der Waals surface area contributed by atoms with Crippen LogP contribution in [-0.2, 0) is 4.79 Å². The summed E-state index contributed by atoms with van der Waals surface area (Å²) in [6.45, 7) is 1.74. The van der Waals surface area contributed by atoms with E-state index in [2.05, 4.69) is 15.5 Å². The monoisotopic (exact) mass is 391 g/mol. The first-order chi connectivity index (χ1) is 12.4. The lowest BCUT2D eigenvalue weighted by Gasteiger charge is -2.11. The Hall–Kier alpha value is -2.58. The molecule has 0 fully saturated rings. The number of amides is 1. The van der Waals surface area contributed by atoms with Gasteiger partial charge in [-0.05, 0) is 55.5 Å². The summed E-state index contributed by atoms with van der Waals surface area (Å²) in [5, 5.41) is 11.3. The average molecular weight is 392 g/mol. The van der Waals surface area contributed by atoms with Gasteiger partial charge in [0.25, 0.3) is 0 Å². The van der Waals surface area contributed by atoms with Crippen LogP contribution in [0.4, 0.5) is 10.1 Å². The van der Waals surface area contributed by atoms with E-state index < -0.39 is 5.25 Å². The summed E-state index contributed by atoms with van der Waals surface area (Å²) in [5.74, 6) is 5.86. The van der Waals surface area contributed by atoms with Crippen LogP contribution < -0.4 is 11.2 Å². The number of carbonyl (C=O) groups excluding carboxylic acids is 1. The Morgan fingerprint density at radius 2 is 1.85 bits per heavy atom. The first kappa shape index (κ1) is 18.2. The molecule has 1 atom stereocenters. The molecule has 1 heterocycles. The van der Waals surface area contributed by atoms with Crippen LogP contribution in [0, 0.1) is 5.82 Å². The summed E-state index contributed by atoms with van der Waals surface area (Å²) < 4.78 is 14.3. The Morgan fingerprint density at radius 3 is 2.50 bits per heavy atom. The van der Waals surface area contributed by atoms with Crippen molar-refractivity contribution in [3.05, 3.63) is 59.4 Å². The first-order valence-electron chi connectivity index (χ1n) is 7.63. The zero-order chi connectivity index (χ0) is 18.7. The predicted octanol–water partition coefficient (Wildman–Crippen LogP) is 3.57. The van der Waals surface area contributed by atoms with Gasteiger partial charge in [0, 0.05) is 16.3 Å². The smallest absolute Gasteiger partial charge is 0.237 e. The highest BCUT2D eigenvalue weighted by Crippen LogP contribution is 2.25. The molecular weight excluding hydrogens is 377 g/mol. The summed E-state index contributed by atoms with van der Waals surface area (Å²) in [6.07, 6.45) is 0. The highest BCUT2D eigenvalue weighted by Gasteiger charge is 2.20. The van der Waals surface area contributed by atoms with Gasteiger partial charge in [-0.2, -0.15) is 0 Å². The fourth-order valence-corrected chi connectivity index (χ4v) is 3.04. The van der Waals surface area contributed by atoms with Crippen molar-refractivity contribution in [3.63, 3.8) is 0 Å². The third kappa shape index (κ3) is 4.14. The standard InChI is InChI=1S/C17H15ClFN5OS/c1-10(16(25)21-14-8-4-12(18)5-9-14)26-17-23-22-15(24(17)20)11-2-6-13(19)7-3-11/h2-10H,20H2,1H3,(H,21,25)/t10-/m1/s1. The number of halogens is 2. The van der Waals surface area contributed by atoms with Crippen molar-refractivity contribution >= 4 is 35.0 Å². The van der Waals surface area contributed by atoms with Crippen LogP contribution in [-0.4, -0.2) is 26.0 Å². The van der Waals surface area contributed by atoms with Crippen molar-refractivity contribution in [3.8, 4) is 11.4 Å². The van der Waals surface area contributed by atoms with Gasteiger partial charge in [-0.25, -0.2) is 9.07 Å². The van der Waals surface area contributed by atoms with Crippen molar-refractivity contribution in [2.24, 2.45) is 0 Å². The van der Waals surface area contributed by atoms with E-state index >= 15 is 0 Å². The van der Waals surface area contributed by atoms with Gasteiger partial charge in [0.15, 0.2) is 5.82 Å². The zero-order valence-electron chi connectivity index (χ0n) is 13.7. The van der Waals surface area contributed by atoms with E-state index in [1.165, 1.54) is 28.6 Å². The minimum Gasteiger partial charge on any atom is -0.335 e. The number of anilines is 1. The van der Waals surface area contributed by atoms with E-state index in [9.17, 15) is 9.18 Å². The van der Waals surface area contributed by atoms with Gasteiger partial charge >= 0.3 is 0 Å². The zero-order valence-corrected chi connectivity index (χ0v) is 15.3. The van der Waals surface area contributed by atoms with Gasteiger partial charge in [0.05, 0.1) is 5.25 Å². The summed E-state index contributed by atoms with van der Waals surface area (Å²) >= 11 is 7.00. The Bertz CT molecular complexity index is 914. The lowest BCUT2D eigenvalue weighted by molar-refractivity contribution is -0.115. The molecule has 0 aliphatic heterocycles. The van der Waals surface area contributed by atoms with Crippen LogP contribution in [0.2, 0.25) is 5.02 Å². The quantitative estimate of drug-likeness (QED) is 0.513. The van der Waals surface area contributed by atoms with Crippen molar-refractivity contribution < 1.29 is 9.18 Å². The second kappa shape index (κ2) is 7.76. The minimum atomic E-state index is -0.460. The molecule has 0 radical (unpaired) electrons. The van der Waals surface area contributed by atoms with Crippen molar-refractivity contribution in [1.82, 2.24) is 14.9 Å². The Balaban J connectivity index is 1.69. The van der Waals surface area contributed by atoms with Crippen LogP contribution in [0.15, 0.2) is 53.7 Å². The van der Waals surface area contributed by atoms with E-state index in [4.69, 9.17) is 17.4 Å². The molecule has 1 aromatic heterocycles. The van der Waals surface area contributed by atoms with E-state index in [1.54, 1.807) is 43.3 Å². The molecule has 0 saturated heterocycles. The maximum absolute atomic E-state index is 13.0. The molecule has 0 spiro atoms. The number of nitrogens with zero attached hydrogens (tertiary/aromatic N) is 3. The maximum atomic E-state index is 13.0. The lowest BCUT2D eigenvalue weighted by atomic mass is 10.2. The van der Waals surface area contributed by atoms with Crippen molar-refractivity contribution in [2.45, 2.75) is 17.3 Å². The first-order valence-corrected chi connectivity index (χ1v) is 8.89. The fraction of sp³-hybridized carbons (Fsp3) is 0.118. The van der Waals surface area contributed by atoms with Gasteiger partial charge in [-0.15, -0.1) is 10.2 Å². The third-order valence-electron chi connectivity index (χ3n) is 3.53. The third-order valence-corrected chi connectivity index (χ3v) is 4.84. The van der Waals surface area contributed by atoms with Crippen LogP contribution in [0.5, 0.6) is 0 Å². The van der Waals surface area contributed by atoms with Crippen LogP contribution in [0.1, 0.15) is 6.92 Å². The molecule has 3 N–H and O–H groups in total. The van der Waals surface area contributed by atoms with Crippen molar-refractivity contribution in [2.75, 3.05) is 11.2 Å². The largest absolute Gasteiger partial charge is 0.335 e. The molecule has 6 nitrogen and oxygen atoms in total. The number of hydrogen-bond donors (Lipinski definition) is 2. The molecule has 9 heteroatoms. The maximum Gasteiger partial charge on any atom is 0.237 e. The number of hydrogen-bond acceptors (Lipinski definition) is 5. The summed E-state index contributed by atoms with van der Waals surface area (Å²) in [5.41, 5.74) is 1.28. The predicted molar refractivity (Wildman–Crippen MR) is 101 cm³/mol. The topological polar surface area (TPSA) is 85.8 Å². The van der Waals surface area contributed by atoms with E-state index in [0.717, 1.165) is 0 Å². The van der Waals surface area contributed by atoms with Crippen molar-refractivity contribution in [1.29, 1.82) is 0 Å². The normalized spacial score (nSPS) is 12.0. The summed E-state index contributed by atoms with van der Waals surface area (Å²) in [6, 6.07) is 12.6. The number of carbonyl (C=O) groups is 1. The van der Waals surface area contributed by atoms with Gasteiger partial charge in [0.2, 0.25) is 11.1 Å². The number of thioether (sulfide) groups is 1. The highest BCUT2D eigenvalue weighted by atomic mass is 35.5. The molecule has 0 unspecified atom stereocenters. The average Bonchev–Trinajstić information content (AvgIpc) is 2.98. The highest BCUT2D eigenvalue weighted by molar-refractivity contribution is 8.00. The molecule has 0 aliphatic rings. The molecule has 3 aromatic rings. The second-order valence-corrected chi connectivity index (χ2v) is 7.18. The molecule has 3 rings (SSSR count). The van der Waals surface area contributed by atoms with Crippen LogP contribution in [0.25, 0.3) is 11.4 Å². The number of benzene rings is 2. The molecular formula is C17H15ClFN5OS. The molecule has 1 amide bonds. The SMILES string of the molecule is C[C@@H](Sc1nnc(-c2ccc(F)cc2)n1N)C(=O)Nc1ccc(Cl)cc1. The number of nitrogen functional groups attached to an aromatic ring is 1. The lowest BCUT2D eigenvalue weighted by Crippen LogP contribution is -2.23.